The topological polar surface area (TPSA) is 84.1 Å². The Morgan fingerprint density at radius 1 is 1.22 bits per heavy atom. The van der Waals surface area contributed by atoms with Crippen molar-refractivity contribution >= 4 is 16.8 Å². The molecule has 0 saturated heterocycles. The van der Waals surface area contributed by atoms with Crippen LogP contribution in [0.4, 0.5) is 4.39 Å². The number of rotatable bonds is 4. The molecular formula is C24H22FN5O2. The monoisotopic (exact) mass is 431 g/mol. The number of benzene rings is 1. The van der Waals surface area contributed by atoms with Gasteiger partial charge in [-0.1, -0.05) is 18.2 Å². The fourth-order valence-corrected chi connectivity index (χ4v) is 4.19. The van der Waals surface area contributed by atoms with E-state index < -0.39 is 11.4 Å². The van der Waals surface area contributed by atoms with Gasteiger partial charge in [-0.15, -0.1) is 0 Å². The summed E-state index contributed by atoms with van der Waals surface area (Å²) in [6.07, 6.45) is 5.03. The van der Waals surface area contributed by atoms with Crippen molar-refractivity contribution < 1.29 is 14.3 Å². The average Bonchev–Trinajstić information content (AvgIpc) is 3.28. The number of carbonyl (C=O) groups excluding carboxylic acids is 1. The Morgan fingerprint density at radius 3 is 2.75 bits per heavy atom. The molecule has 0 radical (unpaired) electrons. The molecule has 0 bridgehead atoms. The van der Waals surface area contributed by atoms with Crippen LogP contribution in [0, 0.1) is 5.82 Å². The molecular weight excluding hydrogens is 409 g/mol. The van der Waals surface area contributed by atoms with Gasteiger partial charge in [0.25, 0.3) is 5.91 Å². The summed E-state index contributed by atoms with van der Waals surface area (Å²) in [5.41, 5.74) is 3.11. The van der Waals surface area contributed by atoms with E-state index in [1.54, 1.807) is 48.9 Å². The van der Waals surface area contributed by atoms with Gasteiger partial charge in [0.05, 0.1) is 23.4 Å². The van der Waals surface area contributed by atoms with Crippen molar-refractivity contribution in [3.05, 3.63) is 77.3 Å². The van der Waals surface area contributed by atoms with Gasteiger partial charge in [0.15, 0.2) is 0 Å². The Morgan fingerprint density at radius 2 is 2.03 bits per heavy atom. The van der Waals surface area contributed by atoms with Gasteiger partial charge in [0.1, 0.15) is 11.5 Å². The molecule has 1 aliphatic rings. The molecule has 0 unspecified atom stereocenters. The van der Waals surface area contributed by atoms with Crippen molar-refractivity contribution in [1.82, 2.24) is 24.6 Å². The number of halogens is 1. The second kappa shape index (κ2) is 7.20. The lowest BCUT2D eigenvalue weighted by molar-refractivity contribution is 0.0758. The van der Waals surface area contributed by atoms with Crippen molar-refractivity contribution in [2.24, 2.45) is 7.05 Å². The van der Waals surface area contributed by atoms with Crippen LogP contribution < -0.4 is 0 Å². The number of hydrogen-bond donors (Lipinski definition) is 1. The molecule has 4 aromatic rings. The van der Waals surface area contributed by atoms with Gasteiger partial charge in [-0.05, 0) is 31.5 Å². The minimum atomic E-state index is -1.06. The highest BCUT2D eigenvalue weighted by Gasteiger charge is 2.29. The number of aromatic nitrogens is 4. The van der Waals surface area contributed by atoms with Crippen LogP contribution in [0.2, 0.25) is 0 Å². The van der Waals surface area contributed by atoms with Gasteiger partial charge in [0.2, 0.25) is 0 Å². The largest absolute Gasteiger partial charge is 0.386 e. The zero-order chi connectivity index (χ0) is 22.6. The summed E-state index contributed by atoms with van der Waals surface area (Å²) >= 11 is 0. The number of aryl methyl sites for hydroxylation is 1. The van der Waals surface area contributed by atoms with Gasteiger partial charge in [-0.2, -0.15) is 5.10 Å². The van der Waals surface area contributed by atoms with E-state index >= 15 is 4.39 Å². The number of pyridine rings is 2. The lowest BCUT2D eigenvalue weighted by Gasteiger charge is -2.19. The summed E-state index contributed by atoms with van der Waals surface area (Å²) < 4.78 is 16.7. The molecule has 162 valence electrons. The Bertz CT molecular complexity index is 1370. The molecule has 0 saturated carbocycles. The standard InChI is InChI=1S/C24H22FN5O2/c1-24(2,32)18-7-6-16(17-12-29(3)28-22(17)18)15-9-19(25)20(27-10-15)13-30-11-14-5-4-8-26-21(14)23(30)31/h4-10,12,32H,11,13H2,1-3H3. The molecule has 0 aliphatic carbocycles. The highest BCUT2D eigenvalue weighted by atomic mass is 19.1. The number of nitrogens with zero attached hydrogens (tertiary/aromatic N) is 5. The SMILES string of the molecule is Cn1cc2c(-c3cnc(CN4Cc5cccnc5C4=O)c(F)c3)ccc(C(C)(C)O)c2n1. The Balaban J connectivity index is 1.48. The molecule has 32 heavy (non-hydrogen) atoms. The zero-order valence-electron chi connectivity index (χ0n) is 18.0. The van der Waals surface area contributed by atoms with Crippen LogP contribution in [0.1, 0.15) is 41.2 Å². The third kappa shape index (κ3) is 3.33. The maximum atomic E-state index is 15.0. The third-order valence-corrected chi connectivity index (χ3v) is 5.76. The van der Waals surface area contributed by atoms with Gasteiger partial charge in [0, 0.05) is 54.3 Å². The molecule has 7 nitrogen and oxygen atoms in total. The van der Waals surface area contributed by atoms with E-state index in [1.807, 2.05) is 24.4 Å². The van der Waals surface area contributed by atoms with E-state index in [9.17, 15) is 9.90 Å². The van der Waals surface area contributed by atoms with Crippen LogP contribution in [0.3, 0.4) is 0 Å². The average molecular weight is 431 g/mol. The van der Waals surface area contributed by atoms with Crippen molar-refractivity contribution in [3.8, 4) is 11.1 Å². The van der Waals surface area contributed by atoms with Crippen molar-refractivity contribution in [2.45, 2.75) is 32.5 Å². The number of hydrogen-bond acceptors (Lipinski definition) is 5. The molecule has 5 rings (SSSR count). The Labute approximate surface area is 184 Å². The van der Waals surface area contributed by atoms with E-state index in [2.05, 4.69) is 15.1 Å². The van der Waals surface area contributed by atoms with Crippen LogP contribution in [-0.4, -0.2) is 35.7 Å². The fourth-order valence-electron chi connectivity index (χ4n) is 4.19. The Hall–Kier alpha value is -3.65. The fraction of sp³-hybridized carbons (Fsp3) is 0.250. The first-order valence-corrected chi connectivity index (χ1v) is 10.3. The maximum Gasteiger partial charge on any atom is 0.273 e. The van der Waals surface area contributed by atoms with Crippen LogP contribution >= 0.6 is 0 Å². The Kier molecular flexibility index (Phi) is 4.56. The van der Waals surface area contributed by atoms with Crippen molar-refractivity contribution in [1.29, 1.82) is 0 Å². The van der Waals surface area contributed by atoms with E-state index in [0.717, 1.165) is 16.5 Å². The summed E-state index contributed by atoms with van der Waals surface area (Å²) in [6.45, 7) is 3.88. The summed E-state index contributed by atoms with van der Waals surface area (Å²) in [4.78, 5) is 22.6. The van der Waals surface area contributed by atoms with Gasteiger partial charge in [-0.3, -0.25) is 19.4 Å². The number of amides is 1. The lowest BCUT2D eigenvalue weighted by Crippen LogP contribution is -2.24. The minimum absolute atomic E-state index is 0.0707. The lowest BCUT2D eigenvalue weighted by atomic mass is 9.92. The van der Waals surface area contributed by atoms with Crippen LogP contribution in [-0.2, 0) is 25.7 Å². The second-order valence-electron chi connectivity index (χ2n) is 8.61. The van der Waals surface area contributed by atoms with E-state index in [0.29, 0.717) is 28.9 Å². The van der Waals surface area contributed by atoms with Crippen LogP contribution in [0.15, 0.2) is 48.9 Å². The maximum absolute atomic E-state index is 15.0. The van der Waals surface area contributed by atoms with Crippen LogP contribution in [0.5, 0.6) is 0 Å². The molecule has 1 N–H and O–H groups in total. The van der Waals surface area contributed by atoms with Gasteiger partial charge >= 0.3 is 0 Å². The number of fused-ring (bicyclic) bond motifs is 2. The molecule has 0 fully saturated rings. The summed E-state index contributed by atoms with van der Waals surface area (Å²) in [7, 11) is 1.81. The van der Waals surface area contributed by atoms with Crippen molar-refractivity contribution in [2.75, 3.05) is 0 Å². The first kappa shape index (κ1) is 20.3. The number of aliphatic hydroxyl groups is 1. The quantitative estimate of drug-likeness (QED) is 0.534. The van der Waals surface area contributed by atoms with Gasteiger partial charge < -0.3 is 10.0 Å². The summed E-state index contributed by atoms with van der Waals surface area (Å²) in [5.74, 6) is -0.701. The predicted molar refractivity (Wildman–Crippen MR) is 117 cm³/mol. The van der Waals surface area contributed by atoms with E-state index in [4.69, 9.17) is 0 Å². The molecule has 3 aromatic heterocycles. The van der Waals surface area contributed by atoms with Crippen LogP contribution in [0.25, 0.3) is 22.0 Å². The predicted octanol–water partition coefficient (Wildman–Crippen LogP) is 3.55. The first-order valence-electron chi connectivity index (χ1n) is 10.3. The molecule has 1 amide bonds. The molecule has 8 heteroatoms. The zero-order valence-corrected chi connectivity index (χ0v) is 18.0. The molecule has 4 heterocycles. The van der Waals surface area contributed by atoms with E-state index in [-0.39, 0.29) is 18.1 Å². The molecule has 0 atom stereocenters. The normalized spacial score (nSPS) is 13.8. The highest BCUT2D eigenvalue weighted by molar-refractivity contribution is 5.97. The first-order chi connectivity index (χ1) is 15.2. The summed E-state index contributed by atoms with van der Waals surface area (Å²) in [6, 6.07) is 8.72. The molecule has 1 aliphatic heterocycles. The molecule has 1 aromatic carbocycles. The summed E-state index contributed by atoms with van der Waals surface area (Å²) in [5, 5.41) is 15.8. The highest BCUT2D eigenvalue weighted by Crippen LogP contribution is 2.35. The second-order valence-corrected chi connectivity index (χ2v) is 8.61. The van der Waals surface area contributed by atoms with Crippen molar-refractivity contribution in [3.63, 3.8) is 0 Å². The smallest absolute Gasteiger partial charge is 0.273 e. The number of carbonyl (C=O) groups is 1. The molecule has 0 spiro atoms. The van der Waals surface area contributed by atoms with E-state index in [1.165, 1.54) is 6.07 Å². The third-order valence-electron chi connectivity index (χ3n) is 5.76. The van der Waals surface area contributed by atoms with Gasteiger partial charge in [-0.25, -0.2) is 4.39 Å². The minimum Gasteiger partial charge on any atom is -0.386 e.